The van der Waals surface area contributed by atoms with E-state index in [1.807, 2.05) is 38.1 Å². The maximum atomic E-state index is 12.2. The molecule has 0 atom stereocenters. The van der Waals surface area contributed by atoms with Gasteiger partial charge in [0.05, 0.1) is 25.2 Å². The van der Waals surface area contributed by atoms with E-state index in [0.717, 1.165) is 18.6 Å². The number of sulfonamides is 1. The highest BCUT2D eigenvalue weighted by atomic mass is 32.2. The van der Waals surface area contributed by atoms with E-state index in [2.05, 4.69) is 5.32 Å². The van der Waals surface area contributed by atoms with Gasteiger partial charge in [-0.3, -0.25) is 9.10 Å². The zero-order valence-electron chi connectivity index (χ0n) is 19.3. The van der Waals surface area contributed by atoms with Gasteiger partial charge in [0.2, 0.25) is 15.9 Å². The molecule has 0 aliphatic carbocycles. The molecule has 0 fully saturated rings. The Kier molecular flexibility index (Phi) is 9.84. The highest BCUT2D eigenvalue weighted by Gasteiger charge is 2.17. The first-order valence-corrected chi connectivity index (χ1v) is 12.7. The van der Waals surface area contributed by atoms with Crippen molar-refractivity contribution in [3.63, 3.8) is 0 Å². The third-order valence-corrected chi connectivity index (χ3v) is 5.95. The Morgan fingerprint density at radius 3 is 2.41 bits per heavy atom. The molecule has 0 bridgehead atoms. The number of hydrogen-bond acceptors (Lipinski definition) is 5. The molecule has 0 aliphatic heterocycles. The molecule has 0 saturated carbocycles. The van der Waals surface area contributed by atoms with Crippen molar-refractivity contribution >= 4 is 21.6 Å². The highest BCUT2D eigenvalue weighted by molar-refractivity contribution is 7.92. The second kappa shape index (κ2) is 12.3. The summed E-state index contributed by atoms with van der Waals surface area (Å²) in [5.74, 6) is 1.43. The Labute approximate surface area is 191 Å². The molecule has 1 amide bonds. The van der Waals surface area contributed by atoms with Crippen LogP contribution in [-0.4, -0.2) is 46.9 Å². The number of anilines is 1. The molecule has 32 heavy (non-hydrogen) atoms. The van der Waals surface area contributed by atoms with Crippen LogP contribution >= 0.6 is 0 Å². The summed E-state index contributed by atoms with van der Waals surface area (Å²) in [6.45, 7) is 4.80. The van der Waals surface area contributed by atoms with E-state index in [1.54, 1.807) is 31.4 Å². The zero-order valence-corrected chi connectivity index (χ0v) is 20.2. The van der Waals surface area contributed by atoms with E-state index in [-0.39, 0.29) is 25.0 Å². The topological polar surface area (TPSA) is 84.9 Å². The Morgan fingerprint density at radius 2 is 1.78 bits per heavy atom. The van der Waals surface area contributed by atoms with Crippen molar-refractivity contribution in [1.82, 2.24) is 5.32 Å². The van der Waals surface area contributed by atoms with Crippen LogP contribution in [0.1, 0.15) is 38.7 Å². The van der Waals surface area contributed by atoms with Gasteiger partial charge in [-0.25, -0.2) is 8.42 Å². The van der Waals surface area contributed by atoms with Gasteiger partial charge in [-0.05, 0) is 75.1 Å². The van der Waals surface area contributed by atoms with Crippen molar-refractivity contribution in [2.45, 2.75) is 45.6 Å². The van der Waals surface area contributed by atoms with Crippen LogP contribution in [0.25, 0.3) is 0 Å². The van der Waals surface area contributed by atoms with E-state index in [1.165, 1.54) is 16.1 Å². The number of hydrogen-bond donors (Lipinski definition) is 1. The van der Waals surface area contributed by atoms with Crippen LogP contribution in [0.2, 0.25) is 0 Å². The van der Waals surface area contributed by atoms with E-state index < -0.39 is 10.0 Å². The normalized spacial score (nSPS) is 11.3. The largest absolute Gasteiger partial charge is 0.497 e. The van der Waals surface area contributed by atoms with Crippen LogP contribution in [0.15, 0.2) is 48.5 Å². The van der Waals surface area contributed by atoms with E-state index in [9.17, 15) is 13.2 Å². The number of benzene rings is 2. The van der Waals surface area contributed by atoms with Crippen molar-refractivity contribution in [3.8, 4) is 11.5 Å². The van der Waals surface area contributed by atoms with E-state index >= 15 is 0 Å². The fraction of sp³-hybridized carbons (Fsp3) is 0.458. The first-order valence-electron chi connectivity index (χ1n) is 10.8. The lowest BCUT2D eigenvalue weighted by atomic mass is 10.1. The molecule has 0 heterocycles. The number of nitrogens with one attached hydrogen (secondary N) is 1. The first kappa shape index (κ1) is 25.5. The number of aryl methyl sites for hydroxylation is 1. The number of rotatable bonds is 13. The molecule has 0 aliphatic rings. The molecule has 2 aromatic carbocycles. The van der Waals surface area contributed by atoms with Gasteiger partial charge < -0.3 is 14.8 Å². The number of methoxy groups -OCH3 is 1. The molecule has 2 rings (SSSR count). The minimum absolute atomic E-state index is 0.0786. The summed E-state index contributed by atoms with van der Waals surface area (Å²) in [4.78, 5) is 12.2. The maximum absolute atomic E-state index is 12.2. The summed E-state index contributed by atoms with van der Waals surface area (Å²) in [7, 11) is -1.89. The van der Waals surface area contributed by atoms with Crippen LogP contribution in [-0.2, 0) is 21.2 Å². The average Bonchev–Trinajstić information content (AvgIpc) is 2.73. The summed E-state index contributed by atoms with van der Waals surface area (Å²) in [6, 6.07) is 14.8. The summed E-state index contributed by atoms with van der Waals surface area (Å²) >= 11 is 0. The van der Waals surface area contributed by atoms with Crippen LogP contribution in [0.3, 0.4) is 0 Å². The molecular weight excluding hydrogens is 428 g/mol. The summed E-state index contributed by atoms with van der Waals surface area (Å²) in [5.41, 5.74) is 1.72. The molecule has 0 saturated heterocycles. The minimum Gasteiger partial charge on any atom is -0.497 e. The van der Waals surface area contributed by atoms with Crippen molar-refractivity contribution in [2.24, 2.45) is 0 Å². The number of amides is 1. The standard InChI is InChI=1S/C24H34N2O5S/c1-19(2)31-23-10-5-8-20(18-23)9-6-16-25-24(27)11-7-17-26(32(4,28)29)21-12-14-22(30-3)15-13-21/h5,8,10,12-15,18-19H,6-7,9,11,16-17H2,1-4H3,(H,25,27). The minimum atomic E-state index is -3.45. The lowest BCUT2D eigenvalue weighted by molar-refractivity contribution is -0.121. The van der Waals surface area contributed by atoms with Crippen LogP contribution in [0.4, 0.5) is 5.69 Å². The quantitative estimate of drug-likeness (QED) is 0.458. The maximum Gasteiger partial charge on any atom is 0.232 e. The third kappa shape index (κ3) is 8.78. The SMILES string of the molecule is COc1ccc(N(CCCC(=O)NCCCc2cccc(OC(C)C)c2)S(C)(=O)=O)cc1. The van der Waals surface area contributed by atoms with Crippen molar-refractivity contribution in [3.05, 3.63) is 54.1 Å². The van der Waals surface area contributed by atoms with Crippen LogP contribution in [0.5, 0.6) is 11.5 Å². The smallest absolute Gasteiger partial charge is 0.232 e. The fourth-order valence-electron chi connectivity index (χ4n) is 3.27. The summed E-state index contributed by atoms with van der Waals surface area (Å²) in [6.07, 6.45) is 3.65. The van der Waals surface area contributed by atoms with E-state index in [4.69, 9.17) is 9.47 Å². The molecule has 2 aromatic rings. The first-order chi connectivity index (χ1) is 15.2. The van der Waals surface area contributed by atoms with Crippen molar-refractivity contribution in [1.29, 1.82) is 0 Å². The van der Waals surface area contributed by atoms with Gasteiger partial charge in [-0.1, -0.05) is 12.1 Å². The average molecular weight is 463 g/mol. The van der Waals surface area contributed by atoms with Crippen LogP contribution < -0.4 is 19.1 Å². The predicted octanol–water partition coefficient (Wildman–Crippen LogP) is 3.78. The summed E-state index contributed by atoms with van der Waals surface area (Å²) < 4.78 is 36.5. The zero-order chi connectivity index (χ0) is 23.6. The molecule has 0 aromatic heterocycles. The Bertz CT molecular complexity index is 959. The number of ether oxygens (including phenoxy) is 2. The van der Waals surface area contributed by atoms with Gasteiger partial charge in [0, 0.05) is 19.5 Å². The molecular formula is C24H34N2O5S. The summed E-state index contributed by atoms with van der Waals surface area (Å²) in [5, 5.41) is 2.91. The number of carbonyl (C=O) groups excluding carboxylic acids is 1. The lowest BCUT2D eigenvalue weighted by Gasteiger charge is -2.22. The lowest BCUT2D eigenvalue weighted by Crippen LogP contribution is -2.32. The second-order valence-electron chi connectivity index (χ2n) is 7.90. The molecule has 7 nitrogen and oxygen atoms in total. The molecule has 0 unspecified atom stereocenters. The Morgan fingerprint density at radius 1 is 1.06 bits per heavy atom. The van der Waals surface area contributed by atoms with E-state index in [0.29, 0.717) is 24.4 Å². The fourth-order valence-corrected chi connectivity index (χ4v) is 4.24. The molecule has 176 valence electrons. The molecule has 1 N–H and O–H groups in total. The molecule has 8 heteroatoms. The van der Waals surface area contributed by atoms with Gasteiger partial charge in [-0.15, -0.1) is 0 Å². The van der Waals surface area contributed by atoms with Gasteiger partial charge in [0.1, 0.15) is 11.5 Å². The molecule has 0 radical (unpaired) electrons. The van der Waals surface area contributed by atoms with Gasteiger partial charge in [0.25, 0.3) is 0 Å². The van der Waals surface area contributed by atoms with Crippen molar-refractivity contribution < 1.29 is 22.7 Å². The Balaban J connectivity index is 1.74. The highest BCUT2D eigenvalue weighted by Crippen LogP contribution is 2.22. The molecule has 0 spiro atoms. The second-order valence-corrected chi connectivity index (χ2v) is 9.81. The van der Waals surface area contributed by atoms with Gasteiger partial charge >= 0.3 is 0 Å². The number of nitrogens with zero attached hydrogens (tertiary/aromatic N) is 1. The third-order valence-electron chi connectivity index (χ3n) is 4.76. The monoisotopic (exact) mass is 462 g/mol. The van der Waals surface area contributed by atoms with Gasteiger partial charge in [0.15, 0.2) is 0 Å². The van der Waals surface area contributed by atoms with Gasteiger partial charge in [-0.2, -0.15) is 0 Å². The predicted molar refractivity (Wildman–Crippen MR) is 128 cm³/mol. The van der Waals surface area contributed by atoms with Crippen LogP contribution in [0, 0.1) is 0 Å². The number of carbonyl (C=O) groups is 1. The van der Waals surface area contributed by atoms with Crippen molar-refractivity contribution in [2.75, 3.05) is 30.8 Å². The Hall–Kier alpha value is -2.74.